The van der Waals surface area contributed by atoms with Gasteiger partial charge in [0.2, 0.25) is 4.96 Å². The van der Waals surface area contributed by atoms with Crippen LogP contribution in [-0.4, -0.2) is 21.7 Å². The highest BCUT2D eigenvalue weighted by molar-refractivity contribution is 9.10. The molecule has 4 aromatic rings. The van der Waals surface area contributed by atoms with Crippen molar-refractivity contribution in [3.05, 3.63) is 72.4 Å². The van der Waals surface area contributed by atoms with E-state index in [4.69, 9.17) is 16.3 Å². The average molecular weight is 449 g/mol. The molecule has 0 spiro atoms. The molecule has 2 aromatic heterocycles. The number of rotatable bonds is 3. The number of fused-ring (bicyclic) bond motifs is 1. The molecule has 0 saturated carbocycles. The summed E-state index contributed by atoms with van der Waals surface area (Å²) in [6, 6.07) is 12.8. The molecule has 0 bridgehead atoms. The van der Waals surface area contributed by atoms with Gasteiger partial charge in [-0.3, -0.25) is 4.79 Å². The molecule has 0 radical (unpaired) electrons. The number of nitrogens with zero attached hydrogens (tertiary/aromatic N) is 3. The van der Waals surface area contributed by atoms with Crippen LogP contribution < -0.4 is 14.8 Å². The highest BCUT2D eigenvalue weighted by atomic mass is 79.9. The largest absolute Gasteiger partial charge is 0.496 e. The molecule has 0 saturated heterocycles. The van der Waals surface area contributed by atoms with E-state index < -0.39 is 0 Å². The second-order valence-corrected chi connectivity index (χ2v) is 7.80. The number of hydrogen-bond acceptors (Lipinski definition) is 5. The fraction of sp³-hybridized carbons (Fsp3) is 0.0556. The molecule has 0 aliphatic carbocycles. The molecule has 0 aliphatic heterocycles. The first-order valence-electron chi connectivity index (χ1n) is 7.56. The molecule has 0 atom stereocenters. The van der Waals surface area contributed by atoms with Crippen LogP contribution in [0.1, 0.15) is 5.56 Å². The predicted molar refractivity (Wildman–Crippen MR) is 107 cm³/mol. The monoisotopic (exact) mass is 447 g/mol. The normalized spacial score (nSPS) is 12.0. The van der Waals surface area contributed by atoms with Crippen molar-refractivity contribution in [2.45, 2.75) is 0 Å². The Hall–Kier alpha value is -2.22. The van der Waals surface area contributed by atoms with Gasteiger partial charge in [-0.2, -0.15) is 9.50 Å². The Bertz CT molecular complexity index is 1220. The number of ether oxygens (including phenoxy) is 1. The topological polar surface area (TPSA) is 56.5 Å². The summed E-state index contributed by atoms with van der Waals surface area (Å²) in [6.07, 6.45) is 1.79. The first kappa shape index (κ1) is 17.2. The Morgan fingerprint density at radius 1 is 1.23 bits per heavy atom. The minimum Gasteiger partial charge on any atom is -0.496 e. The van der Waals surface area contributed by atoms with E-state index in [1.54, 1.807) is 25.3 Å². The summed E-state index contributed by atoms with van der Waals surface area (Å²) in [5.74, 6) is 1.19. The summed E-state index contributed by atoms with van der Waals surface area (Å²) < 4.78 is 8.13. The molecule has 5 nitrogen and oxygen atoms in total. The molecule has 2 aromatic carbocycles. The van der Waals surface area contributed by atoms with Crippen molar-refractivity contribution >= 4 is 49.9 Å². The zero-order valence-corrected chi connectivity index (χ0v) is 16.6. The highest BCUT2D eigenvalue weighted by Gasteiger charge is 2.12. The molecule has 26 heavy (non-hydrogen) atoms. The lowest BCUT2D eigenvalue weighted by Gasteiger charge is -2.04. The van der Waals surface area contributed by atoms with Gasteiger partial charge < -0.3 is 4.74 Å². The first-order chi connectivity index (χ1) is 12.5. The quantitative estimate of drug-likeness (QED) is 0.478. The second kappa shape index (κ2) is 6.83. The number of methoxy groups -OCH3 is 1. The van der Waals surface area contributed by atoms with Gasteiger partial charge in [-0.25, -0.2) is 0 Å². The van der Waals surface area contributed by atoms with E-state index in [1.807, 2.05) is 30.3 Å². The Balaban J connectivity index is 1.83. The molecule has 0 unspecified atom stereocenters. The SMILES string of the molecule is COc1ccc(Br)cc1/C=c1\sc2nc(-c3ccc(Cl)cc3)nn2c1=O. The molecule has 0 fully saturated rings. The molecule has 2 heterocycles. The third-order valence-corrected chi connectivity index (χ3v) is 5.47. The van der Waals surface area contributed by atoms with Crippen molar-refractivity contribution in [1.82, 2.24) is 14.6 Å². The van der Waals surface area contributed by atoms with Crippen LogP contribution in [0.15, 0.2) is 51.7 Å². The third kappa shape index (κ3) is 3.13. The summed E-state index contributed by atoms with van der Waals surface area (Å²) in [5.41, 5.74) is 1.41. The van der Waals surface area contributed by atoms with Gasteiger partial charge in [0.25, 0.3) is 5.56 Å². The number of halogens is 2. The summed E-state index contributed by atoms with van der Waals surface area (Å²) in [7, 11) is 1.60. The third-order valence-electron chi connectivity index (χ3n) is 3.76. The van der Waals surface area contributed by atoms with Gasteiger partial charge in [-0.05, 0) is 48.5 Å². The number of benzene rings is 2. The number of thiazole rings is 1. The Morgan fingerprint density at radius 2 is 2.00 bits per heavy atom. The van der Waals surface area contributed by atoms with E-state index in [9.17, 15) is 4.79 Å². The van der Waals surface area contributed by atoms with Gasteiger partial charge in [0.05, 0.1) is 11.6 Å². The van der Waals surface area contributed by atoms with Crippen LogP contribution in [-0.2, 0) is 0 Å². The van der Waals surface area contributed by atoms with Gasteiger partial charge >= 0.3 is 0 Å². The van der Waals surface area contributed by atoms with E-state index in [-0.39, 0.29) is 5.56 Å². The van der Waals surface area contributed by atoms with Gasteiger partial charge in [0.1, 0.15) is 5.75 Å². The van der Waals surface area contributed by atoms with E-state index in [1.165, 1.54) is 15.9 Å². The van der Waals surface area contributed by atoms with Crippen LogP contribution in [0.25, 0.3) is 22.4 Å². The second-order valence-electron chi connectivity index (χ2n) is 5.44. The average Bonchev–Trinajstić information content (AvgIpc) is 3.16. The molecule has 0 amide bonds. The number of aromatic nitrogens is 3. The smallest absolute Gasteiger partial charge is 0.291 e. The van der Waals surface area contributed by atoms with Gasteiger partial charge in [0, 0.05) is 20.6 Å². The van der Waals surface area contributed by atoms with Crippen molar-refractivity contribution in [1.29, 1.82) is 0 Å². The zero-order chi connectivity index (χ0) is 18.3. The van der Waals surface area contributed by atoms with Crippen LogP contribution in [0.3, 0.4) is 0 Å². The first-order valence-corrected chi connectivity index (χ1v) is 9.54. The zero-order valence-electron chi connectivity index (χ0n) is 13.4. The lowest BCUT2D eigenvalue weighted by molar-refractivity contribution is 0.414. The maximum absolute atomic E-state index is 12.7. The Morgan fingerprint density at radius 3 is 2.69 bits per heavy atom. The Kier molecular flexibility index (Phi) is 4.52. The maximum atomic E-state index is 12.7. The summed E-state index contributed by atoms with van der Waals surface area (Å²) in [4.78, 5) is 17.7. The molecular weight excluding hydrogens is 438 g/mol. The molecule has 4 rings (SSSR count). The van der Waals surface area contributed by atoms with Crippen molar-refractivity contribution in [2.75, 3.05) is 7.11 Å². The summed E-state index contributed by atoms with van der Waals surface area (Å²) >= 11 is 10.6. The van der Waals surface area contributed by atoms with Crippen LogP contribution in [0.2, 0.25) is 5.02 Å². The summed E-state index contributed by atoms with van der Waals surface area (Å²) in [6.45, 7) is 0. The van der Waals surface area contributed by atoms with Gasteiger partial charge in [-0.15, -0.1) is 5.10 Å². The number of hydrogen-bond donors (Lipinski definition) is 0. The van der Waals surface area contributed by atoms with Crippen molar-refractivity contribution in [2.24, 2.45) is 0 Å². The van der Waals surface area contributed by atoms with E-state index in [0.717, 1.165) is 15.6 Å². The fourth-order valence-electron chi connectivity index (χ4n) is 2.51. The molecule has 8 heteroatoms. The standard InChI is InChI=1S/C18H11BrClN3O2S/c1-25-14-7-4-12(19)8-11(14)9-15-17(24)23-18(26-15)21-16(22-23)10-2-5-13(20)6-3-10/h2-9H,1H3/b15-9-. The lowest BCUT2D eigenvalue weighted by atomic mass is 10.2. The maximum Gasteiger partial charge on any atom is 0.291 e. The fourth-order valence-corrected chi connectivity index (χ4v) is 3.92. The van der Waals surface area contributed by atoms with Crippen molar-refractivity contribution in [3.63, 3.8) is 0 Å². The van der Waals surface area contributed by atoms with Crippen molar-refractivity contribution < 1.29 is 4.74 Å². The van der Waals surface area contributed by atoms with Crippen LogP contribution in [0.4, 0.5) is 0 Å². The van der Waals surface area contributed by atoms with E-state index in [2.05, 4.69) is 26.0 Å². The van der Waals surface area contributed by atoms with E-state index in [0.29, 0.717) is 26.1 Å². The Labute approximate surface area is 165 Å². The van der Waals surface area contributed by atoms with Gasteiger partial charge in [-0.1, -0.05) is 38.9 Å². The van der Waals surface area contributed by atoms with Crippen LogP contribution in [0.5, 0.6) is 5.75 Å². The molecule has 130 valence electrons. The molecule has 0 aliphatic rings. The molecular formula is C18H11BrClN3O2S. The van der Waals surface area contributed by atoms with Crippen LogP contribution in [0, 0.1) is 0 Å². The minimum absolute atomic E-state index is 0.209. The minimum atomic E-state index is -0.209. The van der Waals surface area contributed by atoms with E-state index >= 15 is 0 Å². The van der Waals surface area contributed by atoms with Crippen LogP contribution >= 0.6 is 38.9 Å². The molecule has 0 N–H and O–H groups in total. The highest BCUT2D eigenvalue weighted by Crippen LogP contribution is 2.24. The van der Waals surface area contributed by atoms with Crippen molar-refractivity contribution in [3.8, 4) is 17.1 Å². The van der Waals surface area contributed by atoms with Gasteiger partial charge in [0.15, 0.2) is 5.82 Å². The summed E-state index contributed by atoms with van der Waals surface area (Å²) in [5, 5.41) is 4.97. The lowest BCUT2D eigenvalue weighted by Crippen LogP contribution is -2.23. The predicted octanol–water partition coefficient (Wildman–Crippen LogP) is 3.79.